The standard InChI is InChI=1S/C17H14F2O2/c1-17(2,15(20)11-5-3-7-13(18)9-11)16(21)12-6-4-8-14(19)10-12/h3-10H,1-2H3. The molecule has 0 aliphatic carbocycles. The molecule has 0 radical (unpaired) electrons. The van der Waals surface area contributed by atoms with Crippen molar-refractivity contribution < 1.29 is 18.4 Å². The maximum absolute atomic E-state index is 13.2. The first-order valence-corrected chi connectivity index (χ1v) is 6.43. The first-order valence-electron chi connectivity index (χ1n) is 6.43. The molecule has 0 aliphatic rings. The summed E-state index contributed by atoms with van der Waals surface area (Å²) in [4.78, 5) is 24.9. The summed E-state index contributed by atoms with van der Waals surface area (Å²) in [5.41, 5.74) is -1.17. The first-order chi connectivity index (χ1) is 9.82. The van der Waals surface area contributed by atoms with Crippen LogP contribution in [0.5, 0.6) is 0 Å². The van der Waals surface area contributed by atoms with Gasteiger partial charge in [0, 0.05) is 11.1 Å². The molecule has 108 valence electrons. The Kier molecular flexibility index (Phi) is 3.98. The van der Waals surface area contributed by atoms with E-state index in [9.17, 15) is 18.4 Å². The molecule has 2 aromatic carbocycles. The summed E-state index contributed by atoms with van der Waals surface area (Å²) in [7, 11) is 0. The number of hydrogen-bond acceptors (Lipinski definition) is 2. The van der Waals surface area contributed by atoms with Gasteiger partial charge in [0.2, 0.25) is 0 Å². The van der Waals surface area contributed by atoms with Crippen LogP contribution in [0.15, 0.2) is 48.5 Å². The van der Waals surface area contributed by atoms with Crippen LogP contribution in [0.2, 0.25) is 0 Å². The fourth-order valence-electron chi connectivity index (χ4n) is 2.08. The monoisotopic (exact) mass is 288 g/mol. The molecule has 0 saturated carbocycles. The minimum atomic E-state index is -1.40. The molecule has 0 unspecified atom stereocenters. The number of benzene rings is 2. The maximum atomic E-state index is 13.2. The molecule has 0 fully saturated rings. The molecule has 0 aromatic heterocycles. The minimum Gasteiger partial charge on any atom is -0.293 e. The van der Waals surface area contributed by atoms with Crippen LogP contribution in [0.1, 0.15) is 34.6 Å². The summed E-state index contributed by atoms with van der Waals surface area (Å²) in [6, 6.07) is 10.3. The molecule has 0 heterocycles. The van der Waals surface area contributed by atoms with E-state index in [-0.39, 0.29) is 11.1 Å². The molecular weight excluding hydrogens is 274 g/mol. The molecule has 0 spiro atoms. The lowest BCUT2D eigenvalue weighted by Gasteiger charge is -2.21. The number of carbonyl (C=O) groups is 2. The Morgan fingerprint density at radius 2 is 1.19 bits per heavy atom. The lowest BCUT2D eigenvalue weighted by Crippen LogP contribution is -2.33. The van der Waals surface area contributed by atoms with Crippen LogP contribution in [-0.2, 0) is 0 Å². The minimum absolute atomic E-state index is 0.116. The van der Waals surface area contributed by atoms with Crippen molar-refractivity contribution >= 4 is 11.6 Å². The molecule has 0 amide bonds. The number of carbonyl (C=O) groups excluding carboxylic acids is 2. The molecule has 0 bridgehead atoms. The highest BCUT2D eigenvalue weighted by Crippen LogP contribution is 2.27. The van der Waals surface area contributed by atoms with Crippen LogP contribution in [0.4, 0.5) is 8.78 Å². The molecule has 2 rings (SSSR count). The second-order valence-corrected chi connectivity index (χ2v) is 5.30. The number of halogens is 2. The molecule has 0 atom stereocenters. The van der Waals surface area contributed by atoms with Gasteiger partial charge >= 0.3 is 0 Å². The lowest BCUT2D eigenvalue weighted by atomic mass is 9.78. The molecule has 21 heavy (non-hydrogen) atoms. The van der Waals surface area contributed by atoms with Gasteiger partial charge in [-0.25, -0.2) is 8.78 Å². The van der Waals surface area contributed by atoms with E-state index in [1.54, 1.807) is 0 Å². The third-order valence-corrected chi connectivity index (χ3v) is 3.31. The number of Topliss-reactive ketones (excluding diaryl/α,β-unsaturated/α-hetero) is 2. The SMILES string of the molecule is CC(C)(C(=O)c1cccc(F)c1)C(=O)c1cccc(F)c1. The van der Waals surface area contributed by atoms with Gasteiger partial charge in [0.25, 0.3) is 0 Å². The van der Waals surface area contributed by atoms with Gasteiger partial charge in [0.15, 0.2) is 11.6 Å². The second-order valence-electron chi connectivity index (χ2n) is 5.30. The second kappa shape index (κ2) is 5.56. The normalized spacial score (nSPS) is 11.2. The van der Waals surface area contributed by atoms with E-state index < -0.39 is 28.6 Å². The number of hydrogen-bond donors (Lipinski definition) is 0. The molecule has 0 N–H and O–H groups in total. The Balaban J connectivity index is 2.37. The Hall–Kier alpha value is -2.36. The number of ketones is 2. The average Bonchev–Trinajstić information content (AvgIpc) is 2.45. The average molecular weight is 288 g/mol. The first kappa shape index (κ1) is 15.0. The van der Waals surface area contributed by atoms with Crippen molar-refractivity contribution in [1.82, 2.24) is 0 Å². The van der Waals surface area contributed by atoms with Crippen LogP contribution >= 0.6 is 0 Å². The molecule has 4 heteroatoms. The third-order valence-electron chi connectivity index (χ3n) is 3.31. The van der Waals surface area contributed by atoms with E-state index in [4.69, 9.17) is 0 Å². The van der Waals surface area contributed by atoms with E-state index in [2.05, 4.69) is 0 Å². The van der Waals surface area contributed by atoms with Gasteiger partial charge in [0.05, 0.1) is 5.41 Å². The van der Waals surface area contributed by atoms with Gasteiger partial charge in [-0.1, -0.05) is 24.3 Å². The van der Waals surface area contributed by atoms with Crippen molar-refractivity contribution in [3.05, 3.63) is 71.3 Å². The highest BCUT2D eigenvalue weighted by Gasteiger charge is 2.37. The summed E-state index contributed by atoms with van der Waals surface area (Å²) < 4.78 is 26.4. The summed E-state index contributed by atoms with van der Waals surface area (Å²) in [6.45, 7) is 2.90. The van der Waals surface area contributed by atoms with Crippen molar-refractivity contribution in [2.24, 2.45) is 5.41 Å². The topological polar surface area (TPSA) is 34.1 Å². The lowest BCUT2D eigenvalue weighted by molar-refractivity contribution is 0.0711. The molecule has 0 aliphatic heterocycles. The summed E-state index contributed by atoms with van der Waals surface area (Å²) in [5.74, 6) is -2.10. The zero-order valence-electron chi connectivity index (χ0n) is 11.7. The summed E-state index contributed by atoms with van der Waals surface area (Å²) >= 11 is 0. The van der Waals surface area contributed by atoms with Gasteiger partial charge in [-0.05, 0) is 38.1 Å². The van der Waals surface area contributed by atoms with E-state index in [0.717, 1.165) is 12.1 Å². The van der Waals surface area contributed by atoms with Crippen molar-refractivity contribution in [2.45, 2.75) is 13.8 Å². The summed E-state index contributed by atoms with van der Waals surface area (Å²) in [6.07, 6.45) is 0. The van der Waals surface area contributed by atoms with Crippen molar-refractivity contribution in [1.29, 1.82) is 0 Å². The van der Waals surface area contributed by atoms with Gasteiger partial charge in [0.1, 0.15) is 11.6 Å². The Morgan fingerprint density at radius 1 is 0.810 bits per heavy atom. The van der Waals surface area contributed by atoms with Crippen LogP contribution in [0.25, 0.3) is 0 Å². The van der Waals surface area contributed by atoms with Crippen LogP contribution in [-0.4, -0.2) is 11.6 Å². The Morgan fingerprint density at radius 3 is 1.52 bits per heavy atom. The van der Waals surface area contributed by atoms with Gasteiger partial charge in [-0.2, -0.15) is 0 Å². The third kappa shape index (κ3) is 3.05. The molecule has 2 nitrogen and oxygen atoms in total. The predicted octanol–water partition coefficient (Wildman–Crippen LogP) is 4.06. The quantitative estimate of drug-likeness (QED) is 0.628. The highest BCUT2D eigenvalue weighted by atomic mass is 19.1. The smallest absolute Gasteiger partial charge is 0.176 e. The van der Waals surface area contributed by atoms with E-state index in [1.807, 2.05) is 0 Å². The summed E-state index contributed by atoms with van der Waals surface area (Å²) in [5, 5.41) is 0. The van der Waals surface area contributed by atoms with Crippen molar-refractivity contribution in [3.63, 3.8) is 0 Å². The Bertz CT molecular complexity index is 646. The highest BCUT2D eigenvalue weighted by molar-refractivity contribution is 6.19. The molecule has 0 saturated heterocycles. The van der Waals surface area contributed by atoms with Crippen molar-refractivity contribution in [3.8, 4) is 0 Å². The predicted molar refractivity (Wildman–Crippen MR) is 75.2 cm³/mol. The van der Waals surface area contributed by atoms with Crippen LogP contribution in [0, 0.1) is 17.0 Å². The zero-order chi connectivity index (χ0) is 15.6. The zero-order valence-corrected chi connectivity index (χ0v) is 11.7. The maximum Gasteiger partial charge on any atom is 0.176 e. The van der Waals surface area contributed by atoms with E-state index in [0.29, 0.717) is 0 Å². The van der Waals surface area contributed by atoms with Crippen LogP contribution in [0.3, 0.4) is 0 Å². The van der Waals surface area contributed by atoms with Gasteiger partial charge in [-0.3, -0.25) is 9.59 Å². The van der Waals surface area contributed by atoms with Gasteiger partial charge in [-0.15, -0.1) is 0 Å². The van der Waals surface area contributed by atoms with Crippen LogP contribution < -0.4 is 0 Å². The fraction of sp³-hybridized carbons (Fsp3) is 0.176. The molecular formula is C17H14F2O2. The van der Waals surface area contributed by atoms with E-state index >= 15 is 0 Å². The number of rotatable bonds is 4. The largest absolute Gasteiger partial charge is 0.293 e. The molecule has 2 aromatic rings. The van der Waals surface area contributed by atoms with E-state index in [1.165, 1.54) is 50.2 Å². The Labute approximate surface area is 121 Å². The van der Waals surface area contributed by atoms with Crippen molar-refractivity contribution in [2.75, 3.05) is 0 Å². The fourth-order valence-corrected chi connectivity index (χ4v) is 2.08. The van der Waals surface area contributed by atoms with Gasteiger partial charge < -0.3 is 0 Å².